The van der Waals surface area contributed by atoms with Gasteiger partial charge in [0.1, 0.15) is 12.4 Å². The highest BCUT2D eigenvalue weighted by molar-refractivity contribution is 9.10. The summed E-state index contributed by atoms with van der Waals surface area (Å²) in [7, 11) is 0. The Kier molecular flexibility index (Phi) is 3.96. The van der Waals surface area contributed by atoms with Gasteiger partial charge in [-0.15, -0.1) is 0 Å². The Bertz CT molecular complexity index is 471. The first-order valence-electron chi connectivity index (χ1n) is 4.72. The minimum Gasteiger partial charge on any atom is -0.488 e. The second-order valence-electron chi connectivity index (χ2n) is 3.22. The molecule has 2 nitrogen and oxygen atoms in total. The molecule has 1 aromatic carbocycles. The predicted molar refractivity (Wildman–Crippen MR) is 70.4 cm³/mol. The Morgan fingerprint density at radius 1 is 1.06 bits per heavy atom. The summed E-state index contributed by atoms with van der Waals surface area (Å²) in [6.45, 7) is 0.551. The number of ether oxygens (including phenoxy) is 1. The average molecular weight is 343 g/mol. The summed E-state index contributed by atoms with van der Waals surface area (Å²) in [5.74, 6) is 0.804. The SMILES string of the molecule is Brc1ccc(COc2ccncc2Br)cc1. The molecule has 0 N–H and O–H groups in total. The Balaban J connectivity index is 2.02. The largest absolute Gasteiger partial charge is 0.488 e. The van der Waals surface area contributed by atoms with E-state index in [1.165, 1.54) is 0 Å². The van der Waals surface area contributed by atoms with Gasteiger partial charge in [-0.3, -0.25) is 4.98 Å². The molecule has 0 bridgehead atoms. The minimum atomic E-state index is 0.551. The van der Waals surface area contributed by atoms with E-state index in [2.05, 4.69) is 36.8 Å². The molecule has 0 amide bonds. The van der Waals surface area contributed by atoms with Crippen LogP contribution >= 0.6 is 31.9 Å². The van der Waals surface area contributed by atoms with Gasteiger partial charge >= 0.3 is 0 Å². The zero-order valence-corrected chi connectivity index (χ0v) is 11.5. The number of halogens is 2. The first-order chi connectivity index (χ1) is 7.75. The summed E-state index contributed by atoms with van der Waals surface area (Å²) in [5, 5.41) is 0. The van der Waals surface area contributed by atoms with Crippen LogP contribution in [-0.2, 0) is 6.61 Å². The molecule has 0 aliphatic heterocycles. The van der Waals surface area contributed by atoms with Crippen LogP contribution in [0.3, 0.4) is 0 Å². The summed E-state index contributed by atoms with van der Waals surface area (Å²) < 4.78 is 7.60. The lowest BCUT2D eigenvalue weighted by Crippen LogP contribution is -1.95. The molecule has 0 fully saturated rings. The van der Waals surface area contributed by atoms with Crippen LogP contribution in [0.2, 0.25) is 0 Å². The molecule has 0 atom stereocenters. The van der Waals surface area contributed by atoms with Gasteiger partial charge in [0.25, 0.3) is 0 Å². The second-order valence-corrected chi connectivity index (χ2v) is 4.99. The van der Waals surface area contributed by atoms with Crippen LogP contribution in [0.4, 0.5) is 0 Å². The van der Waals surface area contributed by atoms with Gasteiger partial charge in [-0.1, -0.05) is 28.1 Å². The van der Waals surface area contributed by atoms with E-state index < -0.39 is 0 Å². The predicted octanol–water partition coefficient (Wildman–Crippen LogP) is 4.19. The summed E-state index contributed by atoms with van der Waals surface area (Å²) in [4.78, 5) is 3.98. The number of hydrogen-bond acceptors (Lipinski definition) is 2. The van der Waals surface area contributed by atoms with Crippen LogP contribution in [0.5, 0.6) is 5.75 Å². The Morgan fingerprint density at radius 2 is 1.81 bits per heavy atom. The van der Waals surface area contributed by atoms with Crippen LogP contribution in [0.1, 0.15) is 5.56 Å². The fourth-order valence-electron chi connectivity index (χ4n) is 1.22. The maximum atomic E-state index is 5.66. The molecule has 0 aliphatic carbocycles. The highest BCUT2D eigenvalue weighted by atomic mass is 79.9. The molecular formula is C12H9Br2NO. The van der Waals surface area contributed by atoms with Crippen molar-refractivity contribution in [2.24, 2.45) is 0 Å². The van der Waals surface area contributed by atoms with Crippen LogP contribution in [-0.4, -0.2) is 4.98 Å². The Hall–Kier alpha value is -0.870. The first-order valence-corrected chi connectivity index (χ1v) is 6.31. The number of benzene rings is 1. The number of hydrogen-bond donors (Lipinski definition) is 0. The number of rotatable bonds is 3. The van der Waals surface area contributed by atoms with Crippen molar-refractivity contribution < 1.29 is 4.74 Å². The van der Waals surface area contributed by atoms with Crippen molar-refractivity contribution in [3.63, 3.8) is 0 Å². The smallest absolute Gasteiger partial charge is 0.137 e. The molecule has 0 radical (unpaired) electrons. The second kappa shape index (κ2) is 5.46. The minimum absolute atomic E-state index is 0.551. The van der Waals surface area contributed by atoms with E-state index in [9.17, 15) is 0 Å². The average Bonchev–Trinajstić information content (AvgIpc) is 2.30. The summed E-state index contributed by atoms with van der Waals surface area (Å²) in [6, 6.07) is 9.89. The van der Waals surface area contributed by atoms with E-state index in [-0.39, 0.29) is 0 Å². The zero-order valence-electron chi connectivity index (χ0n) is 8.36. The molecule has 0 saturated heterocycles. The van der Waals surface area contributed by atoms with Gasteiger partial charge in [0.2, 0.25) is 0 Å². The molecule has 0 spiro atoms. The van der Waals surface area contributed by atoms with Gasteiger partial charge < -0.3 is 4.74 Å². The molecule has 2 rings (SSSR count). The van der Waals surface area contributed by atoms with E-state index in [0.717, 1.165) is 20.3 Å². The van der Waals surface area contributed by atoms with Crippen molar-refractivity contribution in [3.05, 3.63) is 57.2 Å². The Morgan fingerprint density at radius 3 is 2.50 bits per heavy atom. The molecule has 4 heteroatoms. The van der Waals surface area contributed by atoms with E-state index in [0.29, 0.717) is 6.61 Å². The van der Waals surface area contributed by atoms with E-state index in [1.54, 1.807) is 12.4 Å². The molecule has 16 heavy (non-hydrogen) atoms. The molecule has 1 aromatic heterocycles. The standard InChI is InChI=1S/C12H9Br2NO/c13-10-3-1-9(2-4-10)8-16-12-5-6-15-7-11(12)14/h1-7H,8H2. The van der Waals surface area contributed by atoms with Crippen molar-refractivity contribution in [1.29, 1.82) is 0 Å². The third kappa shape index (κ3) is 3.06. The first kappa shape index (κ1) is 11.6. The topological polar surface area (TPSA) is 22.1 Å². The fourth-order valence-corrected chi connectivity index (χ4v) is 1.85. The number of nitrogens with zero attached hydrogens (tertiary/aromatic N) is 1. The molecule has 1 heterocycles. The monoisotopic (exact) mass is 341 g/mol. The summed E-state index contributed by atoms with van der Waals surface area (Å²) in [6.07, 6.45) is 3.43. The summed E-state index contributed by atoms with van der Waals surface area (Å²) in [5.41, 5.74) is 1.13. The molecule has 0 saturated carbocycles. The van der Waals surface area contributed by atoms with Gasteiger partial charge in [0.15, 0.2) is 0 Å². The lowest BCUT2D eigenvalue weighted by Gasteiger charge is -2.07. The van der Waals surface area contributed by atoms with Crippen LogP contribution < -0.4 is 4.74 Å². The van der Waals surface area contributed by atoms with Gasteiger partial charge in [-0.25, -0.2) is 0 Å². The highest BCUT2D eigenvalue weighted by Gasteiger charge is 2.00. The third-order valence-electron chi connectivity index (χ3n) is 2.04. The van der Waals surface area contributed by atoms with Gasteiger partial charge in [-0.2, -0.15) is 0 Å². The fraction of sp³-hybridized carbons (Fsp3) is 0.0833. The van der Waals surface area contributed by atoms with Crippen molar-refractivity contribution in [2.75, 3.05) is 0 Å². The quantitative estimate of drug-likeness (QED) is 0.834. The third-order valence-corrected chi connectivity index (χ3v) is 3.17. The number of aromatic nitrogens is 1. The molecular weight excluding hydrogens is 334 g/mol. The maximum Gasteiger partial charge on any atom is 0.137 e. The molecule has 2 aromatic rings. The Labute approximate surface area is 111 Å². The van der Waals surface area contributed by atoms with Gasteiger partial charge in [0, 0.05) is 16.9 Å². The maximum absolute atomic E-state index is 5.66. The van der Waals surface area contributed by atoms with Gasteiger partial charge in [-0.05, 0) is 39.7 Å². The number of pyridine rings is 1. The highest BCUT2D eigenvalue weighted by Crippen LogP contribution is 2.23. The van der Waals surface area contributed by atoms with Crippen LogP contribution in [0.25, 0.3) is 0 Å². The van der Waals surface area contributed by atoms with Gasteiger partial charge in [0.05, 0.1) is 4.47 Å². The normalized spacial score (nSPS) is 10.1. The summed E-state index contributed by atoms with van der Waals surface area (Å²) >= 11 is 6.78. The van der Waals surface area contributed by atoms with Crippen molar-refractivity contribution in [3.8, 4) is 5.75 Å². The molecule has 0 aliphatic rings. The van der Waals surface area contributed by atoms with E-state index >= 15 is 0 Å². The van der Waals surface area contributed by atoms with Crippen LogP contribution in [0, 0.1) is 0 Å². The van der Waals surface area contributed by atoms with Crippen molar-refractivity contribution in [2.45, 2.75) is 6.61 Å². The molecule has 82 valence electrons. The lowest BCUT2D eigenvalue weighted by molar-refractivity contribution is 0.304. The van der Waals surface area contributed by atoms with E-state index in [4.69, 9.17) is 4.74 Å². The van der Waals surface area contributed by atoms with Crippen molar-refractivity contribution in [1.82, 2.24) is 4.98 Å². The lowest BCUT2D eigenvalue weighted by atomic mass is 10.2. The molecule has 0 unspecified atom stereocenters. The van der Waals surface area contributed by atoms with Crippen molar-refractivity contribution >= 4 is 31.9 Å². The van der Waals surface area contributed by atoms with Crippen LogP contribution in [0.15, 0.2) is 51.7 Å². The zero-order chi connectivity index (χ0) is 11.4. The van der Waals surface area contributed by atoms with E-state index in [1.807, 2.05) is 30.3 Å².